The third kappa shape index (κ3) is 6.76. The summed E-state index contributed by atoms with van der Waals surface area (Å²) in [6, 6.07) is 33.2. The van der Waals surface area contributed by atoms with Crippen molar-refractivity contribution in [2.24, 2.45) is 0 Å². The highest BCUT2D eigenvalue weighted by Crippen LogP contribution is 2.42. The smallest absolute Gasteiger partial charge is 0.253 e. The second-order valence-electron chi connectivity index (χ2n) is 11.8. The molecule has 44 heavy (non-hydrogen) atoms. The van der Waals surface area contributed by atoms with Crippen LogP contribution in [-0.2, 0) is 18.4 Å². The molecule has 1 fully saturated rings. The van der Waals surface area contributed by atoms with E-state index in [9.17, 15) is 4.79 Å². The predicted octanol–water partition coefficient (Wildman–Crippen LogP) is 7.00. The Hall–Kier alpha value is -4.29. The van der Waals surface area contributed by atoms with Crippen LogP contribution in [0.4, 0.5) is 0 Å². The molecule has 1 heterocycles. The Labute approximate surface area is 262 Å². The van der Waals surface area contributed by atoms with Gasteiger partial charge in [0.1, 0.15) is 17.2 Å². The summed E-state index contributed by atoms with van der Waals surface area (Å²) in [5, 5.41) is 0. The van der Waals surface area contributed by atoms with Crippen LogP contribution in [-0.4, -0.2) is 63.2 Å². The molecular formula is C38H44N2O4. The lowest BCUT2D eigenvalue weighted by atomic mass is 9.69. The topological polar surface area (TPSA) is 51.2 Å². The van der Waals surface area contributed by atoms with Gasteiger partial charge in [-0.2, -0.15) is 0 Å². The van der Waals surface area contributed by atoms with Gasteiger partial charge < -0.3 is 19.1 Å². The van der Waals surface area contributed by atoms with Gasteiger partial charge in [-0.15, -0.1) is 0 Å². The Balaban J connectivity index is 1.34. The molecule has 0 radical (unpaired) electrons. The fourth-order valence-corrected chi connectivity index (χ4v) is 6.53. The Morgan fingerprint density at radius 3 is 2.09 bits per heavy atom. The molecule has 1 amide bonds. The van der Waals surface area contributed by atoms with Crippen molar-refractivity contribution >= 4 is 5.91 Å². The van der Waals surface area contributed by atoms with Crippen LogP contribution in [0.1, 0.15) is 52.4 Å². The first-order valence-electron chi connectivity index (χ1n) is 15.4. The maximum absolute atomic E-state index is 13.6. The van der Waals surface area contributed by atoms with E-state index in [0.717, 1.165) is 67.3 Å². The summed E-state index contributed by atoms with van der Waals surface area (Å²) in [6.45, 7) is 4.73. The van der Waals surface area contributed by atoms with Crippen LogP contribution in [0.2, 0.25) is 0 Å². The highest BCUT2D eigenvalue weighted by molar-refractivity contribution is 5.94. The molecule has 0 bridgehead atoms. The van der Waals surface area contributed by atoms with Gasteiger partial charge in [0.2, 0.25) is 0 Å². The maximum Gasteiger partial charge on any atom is 0.253 e. The van der Waals surface area contributed by atoms with Crippen molar-refractivity contribution in [1.29, 1.82) is 0 Å². The molecule has 0 aromatic heterocycles. The number of benzene rings is 4. The third-order valence-corrected chi connectivity index (χ3v) is 9.13. The van der Waals surface area contributed by atoms with Crippen LogP contribution < -0.4 is 14.2 Å². The number of carbonyl (C=O) groups is 1. The third-order valence-electron chi connectivity index (χ3n) is 9.13. The molecule has 0 spiro atoms. The summed E-state index contributed by atoms with van der Waals surface area (Å²) in [5.74, 6) is 2.59. The van der Waals surface area contributed by atoms with E-state index in [4.69, 9.17) is 14.2 Å². The number of rotatable bonds is 11. The Kier molecular flexibility index (Phi) is 9.91. The number of amides is 1. The quantitative estimate of drug-likeness (QED) is 0.188. The van der Waals surface area contributed by atoms with Crippen LogP contribution in [0.5, 0.6) is 17.2 Å². The lowest BCUT2D eigenvalue weighted by Gasteiger charge is -2.44. The Bertz CT molecular complexity index is 1490. The van der Waals surface area contributed by atoms with Gasteiger partial charge in [-0.25, -0.2) is 0 Å². The monoisotopic (exact) mass is 592 g/mol. The number of carbonyl (C=O) groups excluding carboxylic acids is 1. The molecule has 0 aliphatic carbocycles. The van der Waals surface area contributed by atoms with E-state index in [-0.39, 0.29) is 17.4 Å². The number of piperidine rings is 1. The summed E-state index contributed by atoms with van der Waals surface area (Å²) in [5.41, 5.74) is 5.34. The van der Waals surface area contributed by atoms with Gasteiger partial charge in [0.25, 0.3) is 5.91 Å². The number of likely N-dealkylation sites (tertiary alicyclic amines) is 1. The van der Waals surface area contributed by atoms with Crippen molar-refractivity contribution in [3.63, 3.8) is 0 Å². The lowest BCUT2D eigenvalue weighted by molar-refractivity contribution is 0.0742. The Morgan fingerprint density at radius 1 is 0.841 bits per heavy atom. The van der Waals surface area contributed by atoms with Crippen LogP contribution in [0, 0.1) is 0 Å². The summed E-state index contributed by atoms with van der Waals surface area (Å²) < 4.78 is 16.5. The number of nitrogens with zero attached hydrogens (tertiary/aromatic N) is 2. The molecule has 1 aliphatic rings. The van der Waals surface area contributed by atoms with Gasteiger partial charge in [0.15, 0.2) is 0 Å². The number of methoxy groups -OCH3 is 3. The zero-order valence-corrected chi connectivity index (χ0v) is 26.6. The second-order valence-corrected chi connectivity index (χ2v) is 11.8. The van der Waals surface area contributed by atoms with Gasteiger partial charge in [-0.3, -0.25) is 9.69 Å². The summed E-state index contributed by atoms with van der Waals surface area (Å²) in [6.07, 6.45) is 2.84. The van der Waals surface area contributed by atoms with E-state index in [2.05, 4.69) is 78.6 Å². The normalized spacial score (nSPS) is 15.3. The van der Waals surface area contributed by atoms with E-state index in [1.807, 2.05) is 42.3 Å². The zero-order chi connectivity index (χ0) is 31.1. The largest absolute Gasteiger partial charge is 0.497 e. The zero-order valence-electron chi connectivity index (χ0n) is 26.6. The second kappa shape index (κ2) is 14.0. The molecule has 1 saturated heterocycles. The highest BCUT2D eigenvalue weighted by Gasteiger charge is 2.39. The molecule has 5 rings (SSSR count). The SMILES string of the molecule is COc1ccc(C2(c3ccc(OC)cc3)CCCN(Cc3cccc(C(=O)N(C)C(C)Cc4ccccc4OC)c3)C2)cc1. The van der Waals surface area contributed by atoms with Crippen molar-refractivity contribution < 1.29 is 19.0 Å². The van der Waals surface area contributed by atoms with Crippen molar-refractivity contribution in [2.45, 2.75) is 44.2 Å². The van der Waals surface area contributed by atoms with E-state index in [1.165, 1.54) is 11.1 Å². The first-order chi connectivity index (χ1) is 21.4. The molecular weight excluding hydrogens is 548 g/mol. The number of para-hydroxylation sites is 1. The number of ether oxygens (including phenoxy) is 3. The van der Waals surface area contributed by atoms with E-state index < -0.39 is 0 Å². The molecule has 4 aromatic rings. The molecule has 6 nitrogen and oxygen atoms in total. The number of likely N-dealkylation sites (N-methyl/N-ethyl adjacent to an activating group) is 1. The van der Waals surface area contributed by atoms with Gasteiger partial charge in [-0.1, -0.05) is 54.6 Å². The van der Waals surface area contributed by atoms with Crippen LogP contribution in [0.3, 0.4) is 0 Å². The number of hydrogen-bond acceptors (Lipinski definition) is 5. The minimum atomic E-state index is -0.168. The first-order valence-corrected chi connectivity index (χ1v) is 15.4. The van der Waals surface area contributed by atoms with Crippen molar-refractivity contribution in [2.75, 3.05) is 41.5 Å². The lowest BCUT2D eigenvalue weighted by Crippen LogP contribution is -2.46. The minimum Gasteiger partial charge on any atom is -0.497 e. The van der Waals surface area contributed by atoms with Crippen molar-refractivity contribution in [3.05, 3.63) is 125 Å². The van der Waals surface area contributed by atoms with Gasteiger partial charge in [0.05, 0.1) is 21.3 Å². The summed E-state index contributed by atoms with van der Waals surface area (Å²) >= 11 is 0. The van der Waals surface area contributed by atoms with Crippen molar-refractivity contribution in [1.82, 2.24) is 9.80 Å². The standard InChI is InChI=1S/C38H44N2O4/c1-28(24-30-11-6-7-13-36(30)44-5)39(2)37(41)31-12-8-10-29(25-31)26-40-23-9-22-38(27-40,32-14-18-34(42-3)19-15-32)33-16-20-35(43-4)21-17-33/h6-8,10-21,25,28H,9,22-24,26-27H2,1-5H3. The fraction of sp³-hybridized carbons (Fsp3) is 0.342. The Morgan fingerprint density at radius 2 is 1.48 bits per heavy atom. The van der Waals surface area contributed by atoms with E-state index in [0.29, 0.717) is 5.56 Å². The van der Waals surface area contributed by atoms with Gasteiger partial charge in [-0.05, 0) is 97.4 Å². The average Bonchev–Trinajstić information content (AvgIpc) is 3.08. The fourth-order valence-electron chi connectivity index (χ4n) is 6.53. The predicted molar refractivity (Wildman–Crippen MR) is 176 cm³/mol. The molecule has 1 unspecified atom stereocenters. The molecule has 4 aromatic carbocycles. The maximum atomic E-state index is 13.6. The van der Waals surface area contributed by atoms with Gasteiger partial charge >= 0.3 is 0 Å². The van der Waals surface area contributed by atoms with Crippen LogP contribution in [0.15, 0.2) is 97.1 Å². The van der Waals surface area contributed by atoms with Crippen molar-refractivity contribution in [3.8, 4) is 17.2 Å². The van der Waals surface area contributed by atoms with E-state index in [1.54, 1.807) is 21.3 Å². The molecule has 0 saturated carbocycles. The highest BCUT2D eigenvalue weighted by atomic mass is 16.5. The van der Waals surface area contributed by atoms with Crippen LogP contribution in [0.25, 0.3) is 0 Å². The molecule has 230 valence electrons. The molecule has 0 N–H and O–H groups in total. The van der Waals surface area contributed by atoms with Crippen LogP contribution >= 0.6 is 0 Å². The average molecular weight is 593 g/mol. The number of hydrogen-bond donors (Lipinski definition) is 0. The molecule has 1 atom stereocenters. The molecule has 6 heteroatoms. The minimum absolute atomic E-state index is 0.0131. The first kappa shape index (κ1) is 31.1. The summed E-state index contributed by atoms with van der Waals surface area (Å²) in [4.78, 5) is 18.0. The summed E-state index contributed by atoms with van der Waals surface area (Å²) in [7, 11) is 6.98. The van der Waals surface area contributed by atoms with E-state index >= 15 is 0 Å². The molecule has 1 aliphatic heterocycles. The van der Waals surface area contributed by atoms with Gasteiger partial charge in [0, 0.05) is 37.2 Å².